The van der Waals surface area contributed by atoms with Crippen LogP contribution < -0.4 is 10.1 Å². The minimum Gasteiger partial charge on any atom is -0.508 e. The van der Waals surface area contributed by atoms with Crippen molar-refractivity contribution in [3.05, 3.63) is 45.9 Å². The molecule has 0 aliphatic heterocycles. The number of hydrogen-bond donors (Lipinski definition) is 2. The highest BCUT2D eigenvalue weighted by Gasteiger charge is 2.14. The van der Waals surface area contributed by atoms with Gasteiger partial charge < -0.3 is 15.2 Å². The standard InChI is InChI=1S/C19H21Cl2NO3/c1-4-5-18(24)22-12-8-15(20)19(16(21)9-12)25-13-6-7-17(23)14(10-13)11(2)3/h6-11,23H,4-5H2,1-3H3,(H,22,24). The number of anilines is 1. The van der Waals surface area contributed by atoms with Gasteiger partial charge in [-0.2, -0.15) is 0 Å². The average Bonchev–Trinajstić information content (AvgIpc) is 2.52. The Balaban J connectivity index is 2.26. The zero-order valence-electron chi connectivity index (χ0n) is 14.4. The highest BCUT2D eigenvalue weighted by atomic mass is 35.5. The topological polar surface area (TPSA) is 58.6 Å². The van der Waals surface area contributed by atoms with Crippen molar-refractivity contribution in [2.45, 2.75) is 39.5 Å². The summed E-state index contributed by atoms with van der Waals surface area (Å²) in [6, 6.07) is 8.17. The van der Waals surface area contributed by atoms with Gasteiger partial charge in [0.1, 0.15) is 11.5 Å². The lowest BCUT2D eigenvalue weighted by molar-refractivity contribution is -0.116. The molecule has 2 N–H and O–H groups in total. The molecule has 2 aromatic rings. The maximum Gasteiger partial charge on any atom is 0.224 e. The van der Waals surface area contributed by atoms with Crippen LogP contribution in [0.2, 0.25) is 10.0 Å². The summed E-state index contributed by atoms with van der Waals surface area (Å²) in [6.45, 7) is 5.89. The number of amides is 1. The quantitative estimate of drug-likeness (QED) is 0.612. The van der Waals surface area contributed by atoms with Crippen LogP contribution in [0, 0.1) is 0 Å². The van der Waals surface area contributed by atoms with Crippen molar-refractivity contribution >= 4 is 34.8 Å². The second-order valence-electron chi connectivity index (χ2n) is 6.04. The minimum absolute atomic E-state index is 0.0941. The molecular weight excluding hydrogens is 361 g/mol. The zero-order valence-corrected chi connectivity index (χ0v) is 15.9. The molecule has 4 nitrogen and oxygen atoms in total. The van der Waals surface area contributed by atoms with Gasteiger partial charge in [-0.3, -0.25) is 4.79 Å². The normalized spacial score (nSPS) is 10.8. The number of hydrogen-bond acceptors (Lipinski definition) is 3. The predicted molar refractivity (Wildman–Crippen MR) is 102 cm³/mol. The molecule has 1 amide bonds. The van der Waals surface area contributed by atoms with Gasteiger partial charge in [-0.05, 0) is 42.7 Å². The molecule has 6 heteroatoms. The maximum absolute atomic E-state index is 11.7. The van der Waals surface area contributed by atoms with Gasteiger partial charge in [-0.15, -0.1) is 0 Å². The van der Waals surface area contributed by atoms with Crippen molar-refractivity contribution in [2.24, 2.45) is 0 Å². The van der Waals surface area contributed by atoms with Crippen molar-refractivity contribution in [2.75, 3.05) is 5.32 Å². The second-order valence-corrected chi connectivity index (χ2v) is 6.86. The Labute approximate surface area is 157 Å². The molecule has 0 unspecified atom stereocenters. The van der Waals surface area contributed by atoms with Gasteiger partial charge in [0, 0.05) is 17.7 Å². The Morgan fingerprint density at radius 3 is 2.40 bits per heavy atom. The van der Waals surface area contributed by atoms with E-state index >= 15 is 0 Å². The van der Waals surface area contributed by atoms with Crippen LogP contribution in [-0.2, 0) is 4.79 Å². The summed E-state index contributed by atoms with van der Waals surface area (Å²) in [5, 5.41) is 13.2. The van der Waals surface area contributed by atoms with Gasteiger partial charge in [0.15, 0.2) is 5.75 Å². The Morgan fingerprint density at radius 2 is 1.84 bits per heavy atom. The SMILES string of the molecule is CCCC(=O)Nc1cc(Cl)c(Oc2ccc(O)c(C(C)C)c2)c(Cl)c1. The van der Waals surface area contributed by atoms with Crippen LogP contribution in [-0.4, -0.2) is 11.0 Å². The van der Waals surface area contributed by atoms with E-state index in [4.69, 9.17) is 27.9 Å². The summed E-state index contributed by atoms with van der Waals surface area (Å²) in [4.78, 5) is 11.7. The summed E-state index contributed by atoms with van der Waals surface area (Å²) in [5.41, 5.74) is 1.29. The third-order valence-corrected chi connectivity index (χ3v) is 4.16. The number of phenolic OH excluding ortho intramolecular Hbond substituents is 1. The fraction of sp³-hybridized carbons (Fsp3) is 0.316. The Hall–Kier alpha value is -1.91. The fourth-order valence-corrected chi connectivity index (χ4v) is 2.92. The van der Waals surface area contributed by atoms with E-state index in [1.807, 2.05) is 20.8 Å². The van der Waals surface area contributed by atoms with Gasteiger partial charge in [-0.1, -0.05) is 44.0 Å². The Bertz CT molecular complexity index is 752. The van der Waals surface area contributed by atoms with Crippen LogP contribution in [0.15, 0.2) is 30.3 Å². The Morgan fingerprint density at radius 1 is 1.20 bits per heavy atom. The van der Waals surface area contributed by atoms with E-state index in [0.29, 0.717) is 33.7 Å². The molecule has 0 heterocycles. The zero-order chi connectivity index (χ0) is 18.6. The molecule has 0 bridgehead atoms. The van der Waals surface area contributed by atoms with Crippen molar-refractivity contribution in [1.29, 1.82) is 0 Å². The van der Waals surface area contributed by atoms with Gasteiger partial charge >= 0.3 is 0 Å². The Kier molecular flexibility index (Phi) is 6.57. The van der Waals surface area contributed by atoms with E-state index in [-0.39, 0.29) is 17.6 Å². The van der Waals surface area contributed by atoms with Crippen LogP contribution in [0.5, 0.6) is 17.2 Å². The van der Waals surface area contributed by atoms with Gasteiger partial charge in [0.2, 0.25) is 5.91 Å². The van der Waals surface area contributed by atoms with Gasteiger partial charge in [0.05, 0.1) is 10.0 Å². The molecule has 0 radical (unpaired) electrons. The molecule has 0 spiro atoms. The highest BCUT2D eigenvalue weighted by Crippen LogP contribution is 2.40. The number of carbonyl (C=O) groups excluding carboxylic acids is 1. The first-order valence-electron chi connectivity index (χ1n) is 8.11. The number of halogens is 2. The highest BCUT2D eigenvalue weighted by molar-refractivity contribution is 6.37. The van der Waals surface area contributed by atoms with Crippen molar-refractivity contribution in [3.63, 3.8) is 0 Å². The maximum atomic E-state index is 11.7. The molecule has 0 fully saturated rings. The van der Waals surface area contributed by atoms with E-state index in [1.165, 1.54) is 0 Å². The molecule has 0 saturated heterocycles. The molecule has 0 atom stereocenters. The first-order valence-corrected chi connectivity index (χ1v) is 8.87. The molecule has 134 valence electrons. The fourth-order valence-electron chi connectivity index (χ4n) is 2.36. The van der Waals surface area contributed by atoms with Crippen molar-refractivity contribution in [3.8, 4) is 17.2 Å². The molecular formula is C19H21Cl2NO3. The number of phenols is 1. The number of ether oxygens (including phenoxy) is 1. The predicted octanol–water partition coefficient (Wildman–Crippen LogP) is 6.35. The van der Waals surface area contributed by atoms with Crippen LogP contribution in [0.4, 0.5) is 5.69 Å². The monoisotopic (exact) mass is 381 g/mol. The summed E-state index contributed by atoms with van der Waals surface area (Å²) in [6.07, 6.45) is 1.19. The number of benzene rings is 2. The van der Waals surface area contributed by atoms with Crippen LogP contribution in [0.3, 0.4) is 0 Å². The summed E-state index contributed by atoms with van der Waals surface area (Å²) >= 11 is 12.5. The minimum atomic E-state index is -0.0941. The third kappa shape index (κ3) is 5.03. The van der Waals surface area contributed by atoms with Gasteiger partial charge in [-0.25, -0.2) is 0 Å². The average molecular weight is 382 g/mol. The summed E-state index contributed by atoms with van der Waals surface area (Å²) in [5.74, 6) is 1.09. The lowest BCUT2D eigenvalue weighted by Crippen LogP contribution is -2.10. The van der Waals surface area contributed by atoms with Crippen LogP contribution in [0.25, 0.3) is 0 Å². The molecule has 0 aromatic heterocycles. The van der Waals surface area contributed by atoms with Crippen molar-refractivity contribution in [1.82, 2.24) is 0 Å². The molecule has 0 saturated carbocycles. The molecule has 0 aliphatic rings. The van der Waals surface area contributed by atoms with E-state index in [1.54, 1.807) is 30.3 Å². The van der Waals surface area contributed by atoms with Crippen LogP contribution in [0.1, 0.15) is 45.1 Å². The lowest BCUT2D eigenvalue weighted by Gasteiger charge is -2.14. The van der Waals surface area contributed by atoms with Crippen LogP contribution >= 0.6 is 23.2 Å². The largest absolute Gasteiger partial charge is 0.508 e. The van der Waals surface area contributed by atoms with Gasteiger partial charge in [0.25, 0.3) is 0 Å². The number of aromatic hydroxyl groups is 1. The first-order chi connectivity index (χ1) is 11.8. The molecule has 25 heavy (non-hydrogen) atoms. The third-order valence-electron chi connectivity index (χ3n) is 3.60. The van der Waals surface area contributed by atoms with E-state index in [0.717, 1.165) is 12.0 Å². The number of nitrogens with one attached hydrogen (secondary N) is 1. The summed E-state index contributed by atoms with van der Waals surface area (Å²) < 4.78 is 5.81. The molecule has 2 rings (SSSR count). The molecule has 2 aromatic carbocycles. The second kappa shape index (κ2) is 8.45. The first kappa shape index (κ1) is 19.4. The lowest BCUT2D eigenvalue weighted by atomic mass is 10.0. The van der Waals surface area contributed by atoms with E-state index < -0.39 is 0 Å². The smallest absolute Gasteiger partial charge is 0.224 e. The molecule has 0 aliphatic carbocycles. The number of carbonyl (C=O) groups is 1. The summed E-state index contributed by atoms with van der Waals surface area (Å²) in [7, 11) is 0. The van der Waals surface area contributed by atoms with E-state index in [2.05, 4.69) is 5.32 Å². The number of rotatable bonds is 6. The van der Waals surface area contributed by atoms with E-state index in [9.17, 15) is 9.90 Å². The van der Waals surface area contributed by atoms with Crippen molar-refractivity contribution < 1.29 is 14.6 Å².